The summed E-state index contributed by atoms with van der Waals surface area (Å²) in [6, 6.07) is 22.2. The smallest absolute Gasteiger partial charge is 0.00575 e. The molecule has 0 atom stereocenters. The fourth-order valence-corrected chi connectivity index (χ4v) is 12.0. The van der Waals surface area contributed by atoms with Crippen LogP contribution in [0, 0.1) is 0 Å². The lowest BCUT2D eigenvalue weighted by molar-refractivity contribution is 1.20. The van der Waals surface area contributed by atoms with Gasteiger partial charge in [-0.05, 0) is 10.6 Å². The molecule has 92 valence electrons. The van der Waals surface area contributed by atoms with E-state index in [1.165, 1.54) is 0 Å². The van der Waals surface area contributed by atoms with Crippen molar-refractivity contribution in [3.8, 4) is 0 Å². The minimum atomic E-state index is 0.0505. The highest BCUT2D eigenvalue weighted by atomic mass is 31.2. The van der Waals surface area contributed by atoms with Crippen LogP contribution in [-0.2, 0) is 0 Å². The Morgan fingerprint density at radius 1 is 0.611 bits per heavy atom. The number of hydrogen-bond acceptors (Lipinski definition) is 0. The van der Waals surface area contributed by atoms with Crippen LogP contribution in [-0.4, -0.2) is 10.8 Å². The lowest BCUT2D eigenvalue weighted by Crippen LogP contribution is -2.33. The van der Waals surface area contributed by atoms with Crippen molar-refractivity contribution in [2.45, 2.75) is 24.6 Å². The predicted molar refractivity (Wildman–Crippen MR) is 84.9 cm³/mol. The normalized spacial score (nSPS) is 30.8. The molecule has 2 aromatic rings. The van der Waals surface area contributed by atoms with Crippen LogP contribution in [0.4, 0.5) is 0 Å². The van der Waals surface area contributed by atoms with E-state index in [1.807, 2.05) is 0 Å². The molecular formula is C16H18P2. The van der Waals surface area contributed by atoms with Gasteiger partial charge in [0.2, 0.25) is 0 Å². The third-order valence-electron chi connectivity index (χ3n) is 3.72. The Kier molecular flexibility index (Phi) is 3.51. The molecule has 0 bridgehead atoms. The Balaban J connectivity index is 1.84. The lowest BCUT2D eigenvalue weighted by Gasteiger charge is -2.50. The SMILES string of the molecule is CC1P(c2ccccc2)C(C)P1c1ccccc1. The standard InChI is InChI=1S/C16H18P2/c1-13-17(15-9-5-3-6-10-15)14(2)18(13)16-11-7-4-8-12-16/h3-14H,1-2H3. The molecule has 0 aromatic heterocycles. The van der Waals surface area contributed by atoms with E-state index in [-0.39, 0.29) is 15.8 Å². The summed E-state index contributed by atoms with van der Waals surface area (Å²) in [4.78, 5) is 0. The summed E-state index contributed by atoms with van der Waals surface area (Å²) < 4.78 is 0. The first-order valence-electron chi connectivity index (χ1n) is 6.46. The number of benzene rings is 2. The van der Waals surface area contributed by atoms with E-state index in [1.54, 1.807) is 10.6 Å². The third-order valence-corrected chi connectivity index (χ3v) is 11.7. The van der Waals surface area contributed by atoms with E-state index in [0.29, 0.717) is 0 Å². The Hall–Kier alpha value is -0.700. The molecule has 0 nitrogen and oxygen atoms in total. The molecule has 18 heavy (non-hydrogen) atoms. The van der Waals surface area contributed by atoms with E-state index in [9.17, 15) is 0 Å². The second-order valence-electron chi connectivity index (χ2n) is 4.75. The number of rotatable bonds is 2. The molecule has 0 N–H and O–H groups in total. The summed E-state index contributed by atoms with van der Waals surface area (Å²) in [5.41, 5.74) is 0. The van der Waals surface area contributed by atoms with Gasteiger partial charge in [-0.2, -0.15) is 0 Å². The van der Waals surface area contributed by atoms with Crippen LogP contribution in [0.1, 0.15) is 13.8 Å². The van der Waals surface area contributed by atoms with E-state index < -0.39 is 0 Å². The van der Waals surface area contributed by atoms with E-state index in [4.69, 9.17) is 0 Å². The fourth-order valence-electron chi connectivity index (χ4n) is 2.89. The zero-order chi connectivity index (χ0) is 12.5. The Morgan fingerprint density at radius 3 is 1.28 bits per heavy atom. The highest BCUT2D eigenvalue weighted by Gasteiger charge is 2.45. The summed E-state index contributed by atoms with van der Waals surface area (Å²) in [6.45, 7) is 4.91. The number of hydrogen-bond donors (Lipinski definition) is 0. The van der Waals surface area contributed by atoms with Crippen LogP contribution < -0.4 is 10.6 Å². The summed E-state index contributed by atoms with van der Waals surface area (Å²) in [6.07, 6.45) is 0. The molecule has 3 rings (SSSR count). The molecular weight excluding hydrogens is 254 g/mol. The average Bonchev–Trinajstić information content (AvgIpc) is 2.41. The lowest BCUT2D eigenvalue weighted by atomic mass is 10.4. The molecule has 0 aliphatic carbocycles. The highest BCUT2D eigenvalue weighted by Crippen LogP contribution is 2.77. The van der Waals surface area contributed by atoms with Crippen LogP contribution in [0.5, 0.6) is 0 Å². The van der Waals surface area contributed by atoms with Gasteiger partial charge in [0.05, 0.1) is 0 Å². The first kappa shape index (κ1) is 12.3. The second-order valence-corrected chi connectivity index (χ2v) is 11.3. The monoisotopic (exact) mass is 272 g/mol. The van der Waals surface area contributed by atoms with Crippen LogP contribution >= 0.6 is 15.8 Å². The van der Waals surface area contributed by atoms with E-state index >= 15 is 0 Å². The van der Waals surface area contributed by atoms with Gasteiger partial charge < -0.3 is 0 Å². The van der Waals surface area contributed by atoms with E-state index in [2.05, 4.69) is 74.5 Å². The van der Waals surface area contributed by atoms with Crippen LogP contribution in [0.25, 0.3) is 0 Å². The van der Waals surface area contributed by atoms with Crippen molar-refractivity contribution in [2.24, 2.45) is 0 Å². The summed E-state index contributed by atoms with van der Waals surface area (Å²) in [5.74, 6) is 0. The molecule has 1 saturated heterocycles. The van der Waals surface area contributed by atoms with Gasteiger partial charge in [-0.1, -0.05) is 90.4 Å². The molecule has 1 fully saturated rings. The van der Waals surface area contributed by atoms with Crippen molar-refractivity contribution in [1.29, 1.82) is 0 Å². The van der Waals surface area contributed by atoms with Crippen molar-refractivity contribution in [2.75, 3.05) is 0 Å². The molecule has 0 saturated carbocycles. The van der Waals surface area contributed by atoms with Gasteiger partial charge in [-0.25, -0.2) is 0 Å². The molecule has 0 amide bonds. The van der Waals surface area contributed by atoms with Crippen molar-refractivity contribution < 1.29 is 0 Å². The average molecular weight is 272 g/mol. The zero-order valence-electron chi connectivity index (χ0n) is 10.8. The van der Waals surface area contributed by atoms with Crippen molar-refractivity contribution in [3.63, 3.8) is 0 Å². The Bertz CT molecular complexity index is 452. The molecule has 0 spiro atoms. The van der Waals surface area contributed by atoms with Crippen LogP contribution in [0.2, 0.25) is 0 Å². The molecule has 0 radical (unpaired) electrons. The highest BCUT2D eigenvalue weighted by molar-refractivity contribution is 7.99. The van der Waals surface area contributed by atoms with E-state index in [0.717, 1.165) is 10.8 Å². The molecule has 1 heterocycles. The largest absolute Gasteiger partial charge is 0.0622 e. The van der Waals surface area contributed by atoms with Gasteiger partial charge in [0.25, 0.3) is 0 Å². The summed E-state index contributed by atoms with van der Waals surface area (Å²) in [7, 11) is 0.101. The third kappa shape index (κ3) is 2.03. The first-order chi connectivity index (χ1) is 8.79. The Labute approximate surface area is 112 Å². The maximum atomic E-state index is 2.46. The minimum Gasteiger partial charge on any atom is -0.0622 e. The molecule has 2 aromatic carbocycles. The summed E-state index contributed by atoms with van der Waals surface area (Å²) in [5, 5.41) is 4.91. The molecule has 0 unspecified atom stereocenters. The van der Waals surface area contributed by atoms with Crippen LogP contribution in [0.15, 0.2) is 60.7 Å². The Morgan fingerprint density at radius 2 is 0.944 bits per heavy atom. The van der Waals surface area contributed by atoms with Crippen molar-refractivity contribution in [3.05, 3.63) is 60.7 Å². The molecule has 2 heteroatoms. The minimum absolute atomic E-state index is 0.0505. The van der Waals surface area contributed by atoms with Gasteiger partial charge in [0.1, 0.15) is 0 Å². The first-order valence-corrected chi connectivity index (χ1v) is 9.42. The topological polar surface area (TPSA) is 0 Å². The van der Waals surface area contributed by atoms with Gasteiger partial charge >= 0.3 is 0 Å². The van der Waals surface area contributed by atoms with Gasteiger partial charge in [0, 0.05) is 10.8 Å². The molecule has 1 aliphatic heterocycles. The maximum Gasteiger partial charge on any atom is 0.00575 e. The summed E-state index contributed by atoms with van der Waals surface area (Å²) >= 11 is 0. The van der Waals surface area contributed by atoms with Gasteiger partial charge in [0.15, 0.2) is 0 Å². The van der Waals surface area contributed by atoms with Crippen molar-refractivity contribution >= 4 is 26.5 Å². The molecule has 1 aliphatic rings. The second kappa shape index (κ2) is 5.12. The maximum absolute atomic E-state index is 2.46. The zero-order valence-corrected chi connectivity index (χ0v) is 12.6. The predicted octanol–water partition coefficient (Wildman–Crippen LogP) is 4.31. The van der Waals surface area contributed by atoms with Gasteiger partial charge in [-0.15, -0.1) is 0 Å². The fraction of sp³-hybridized carbons (Fsp3) is 0.250. The van der Waals surface area contributed by atoms with Gasteiger partial charge in [-0.3, -0.25) is 0 Å². The van der Waals surface area contributed by atoms with Crippen molar-refractivity contribution in [1.82, 2.24) is 0 Å². The van der Waals surface area contributed by atoms with Crippen LogP contribution in [0.3, 0.4) is 0 Å². The quantitative estimate of drug-likeness (QED) is 0.715.